The summed E-state index contributed by atoms with van der Waals surface area (Å²) in [7, 11) is 0. The molecule has 3 rings (SSSR count). The molecule has 2 heterocycles. The highest BCUT2D eigenvalue weighted by atomic mass is 19.1. The number of nitrogens with zero attached hydrogens (tertiary/aromatic N) is 2. The lowest BCUT2D eigenvalue weighted by Crippen LogP contribution is -2.39. The summed E-state index contributed by atoms with van der Waals surface area (Å²) in [6, 6.07) is 6.57. The van der Waals surface area contributed by atoms with Crippen LogP contribution in [0.25, 0.3) is 0 Å². The Morgan fingerprint density at radius 2 is 1.71 bits per heavy atom. The summed E-state index contributed by atoms with van der Waals surface area (Å²) >= 11 is 0. The summed E-state index contributed by atoms with van der Waals surface area (Å²) in [6.45, 7) is 15.8. The molecule has 5 nitrogen and oxygen atoms in total. The summed E-state index contributed by atoms with van der Waals surface area (Å²) in [5, 5.41) is 10.2. The van der Waals surface area contributed by atoms with E-state index in [9.17, 15) is 14.3 Å². The number of halogens is 1. The van der Waals surface area contributed by atoms with Gasteiger partial charge in [0.1, 0.15) is 5.82 Å². The van der Waals surface area contributed by atoms with Gasteiger partial charge in [0.15, 0.2) is 6.10 Å². The van der Waals surface area contributed by atoms with Gasteiger partial charge < -0.3 is 14.7 Å². The van der Waals surface area contributed by atoms with Crippen molar-refractivity contribution in [3.8, 4) is 0 Å². The van der Waals surface area contributed by atoms with Crippen LogP contribution in [0.1, 0.15) is 81.6 Å². The van der Waals surface area contributed by atoms with Crippen molar-refractivity contribution in [1.29, 1.82) is 0 Å². The molecule has 0 amide bonds. The second kappa shape index (κ2) is 10.0. The van der Waals surface area contributed by atoms with E-state index < -0.39 is 17.7 Å². The van der Waals surface area contributed by atoms with Gasteiger partial charge in [-0.2, -0.15) is 0 Å². The maximum absolute atomic E-state index is 13.4. The van der Waals surface area contributed by atoms with E-state index in [0.29, 0.717) is 17.7 Å². The molecular weight excluding hydrogens is 431 g/mol. The summed E-state index contributed by atoms with van der Waals surface area (Å²) in [5.41, 5.74) is 4.93. The molecule has 1 aromatic heterocycles. The van der Waals surface area contributed by atoms with Gasteiger partial charge in [-0.1, -0.05) is 26.0 Å². The molecule has 6 heteroatoms. The number of benzene rings is 1. The van der Waals surface area contributed by atoms with E-state index in [1.54, 1.807) is 12.1 Å². The largest absolute Gasteiger partial charge is 0.479 e. The van der Waals surface area contributed by atoms with Crippen molar-refractivity contribution in [2.75, 3.05) is 18.0 Å². The molecule has 0 spiro atoms. The summed E-state index contributed by atoms with van der Waals surface area (Å²) in [4.78, 5) is 19.6. The molecule has 1 fully saturated rings. The summed E-state index contributed by atoms with van der Waals surface area (Å²) in [6.07, 6.45) is 2.36. The van der Waals surface area contributed by atoms with Crippen LogP contribution < -0.4 is 4.90 Å². The van der Waals surface area contributed by atoms with Crippen LogP contribution in [0.3, 0.4) is 0 Å². The lowest BCUT2D eigenvalue weighted by atomic mass is 9.82. The highest BCUT2D eigenvalue weighted by Gasteiger charge is 2.36. The van der Waals surface area contributed by atoms with Gasteiger partial charge in [-0.25, -0.2) is 9.18 Å². The molecule has 0 saturated carbocycles. The summed E-state index contributed by atoms with van der Waals surface area (Å²) in [5.74, 6) is -1.26. The SMILES string of the molecule is Cc1nc(C)c(C(OC(C)(C)C)C(=O)O)c(N2CCC(C)(C)CC2)c1CCc1ccc(F)cc1. The lowest BCUT2D eigenvalue weighted by molar-refractivity contribution is -0.160. The molecule has 1 saturated heterocycles. The highest BCUT2D eigenvalue weighted by Crippen LogP contribution is 2.41. The topological polar surface area (TPSA) is 62.7 Å². The fourth-order valence-corrected chi connectivity index (χ4v) is 4.70. The minimum absolute atomic E-state index is 0.250. The molecule has 186 valence electrons. The molecule has 0 radical (unpaired) electrons. The van der Waals surface area contributed by atoms with E-state index in [2.05, 4.69) is 18.7 Å². The smallest absolute Gasteiger partial charge is 0.337 e. The Morgan fingerprint density at radius 3 is 2.24 bits per heavy atom. The Hall–Kier alpha value is -2.47. The Bertz CT molecular complexity index is 1020. The molecule has 2 aromatic rings. The standard InChI is InChI=1S/C28H39FN2O3/c1-18-22(13-10-20-8-11-21(29)12-9-20)24(31-16-14-28(6,7)15-17-31)23(19(2)30-18)25(26(32)33)34-27(3,4)5/h8-9,11-12,25H,10,13-17H2,1-7H3,(H,32,33). The number of rotatable bonds is 7. The van der Waals surface area contributed by atoms with E-state index in [1.807, 2.05) is 34.6 Å². The first kappa shape index (κ1) is 26.1. The number of hydrogen-bond donors (Lipinski definition) is 1. The molecule has 0 aliphatic carbocycles. The number of carboxylic acid groups (broad SMARTS) is 1. The van der Waals surface area contributed by atoms with Crippen LogP contribution in [0.5, 0.6) is 0 Å². The van der Waals surface area contributed by atoms with E-state index in [0.717, 1.165) is 54.9 Å². The van der Waals surface area contributed by atoms with Crippen LogP contribution in [0, 0.1) is 25.1 Å². The second-order valence-corrected chi connectivity index (χ2v) is 11.2. The Balaban J connectivity index is 2.12. The van der Waals surface area contributed by atoms with Gasteiger partial charge in [-0.3, -0.25) is 4.98 Å². The molecule has 1 aromatic carbocycles. The quantitative estimate of drug-likeness (QED) is 0.523. The highest BCUT2D eigenvalue weighted by molar-refractivity contribution is 5.79. The number of aliphatic carboxylic acids is 1. The van der Waals surface area contributed by atoms with E-state index in [1.165, 1.54) is 12.1 Å². The van der Waals surface area contributed by atoms with Crippen molar-refractivity contribution in [1.82, 2.24) is 4.98 Å². The van der Waals surface area contributed by atoms with Gasteiger partial charge in [0.25, 0.3) is 0 Å². The molecule has 34 heavy (non-hydrogen) atoms. The number of aryl methyl sites for hydroxylation is 3. The third-order valence-corrected chi connectivity index (χ3v) is 6.67. The first-order valence-corrected chi connectivity index (χ1v) is 12.2. The van der Waals surface area contributed by atoms with Crippen LogP contribution in [0.15, 0.2) is 24.3 Å². The maximum atomic E-state index is 13.4. The van der Waals surface area contributed by atoms with Crippen molar-refractivity contribution in [3.63, 3.8) is 0 Å². The maximum Gasteiger partial charge on any atom is 0.337 e. The Labute approximate surface area is 203 Å². The molecule has 1 N–H and O–H groups in total. The molecule has 0 bridgehead atoms. The molecule has 1 aliphatic heterocycles. The third kappa shape index (κ3) is 6.35. The number of aromatic nitrogens is 1. The van der Waals surface area contributed by atoms with Crippen LogP contribution >= 0.6 is 0 Å². The molecule has 1 aliphatic rings. The zero-order valence-electron chi connectivity index (χ0n) is 21.7. The average Bonchev–Trinajstić information content (AvgIpc) is 2.72. The van der Waals surface area contributed by atoms with Gasteiger partial charge in [-0.15, -0.1) is 0 Å². The minimum atomic E-state index is -1.11. The predicted molar refractivity (Wildman–Crippen MR) is 134 cm³/mol. The van der Waals surface area contributed by atoms with Crippen molar-refractivity contribution >= 4 is 11.7 Å². The van der Waals surface area contributed by atoms with Crippen LogP contribution in [0.4, 0.5) is 10.1 Å². The minimum Gasteiger partial charge on any atom is -0.479 e. The number of ether oxygens (including phenoxy) is 1. The number of pyridine rings is 1. The Kier molecular flexibility index (Phi) is 7.71. The van der Waals surface area contributed by atoms with Crippen molar-refractivity contribution in [2.24, 2.45) is 5.41 Å². The van der Waals surface area contributed by atoms with Gasteiger partial charge in [-0.05, 0) is 89.0 Å². The lowest BCUT2D eigenvalue weighted by Gasteiger charge is -2.41. The zero-order valence-corrected chi connectivity index (χ0v) is 21.7. The van der Waals surface area contributed by atoms with Gasteiger partial charge in [0.2, 0.25) is 0 Å². The average molecular weight is 471 g/mol. The van der Waals surface area contributed by atoms with E-state index >= 15 is 0 Å². The predicted octanol–water partition coefficient (Wildman–Crippen LogP) is 6.19. The number of piperidine rings is 1. The van der Waals surface area contributed by atoms with Gasteiger partial charge >= 0.3 is 5.97 Å². The third-order valence-electron chi connectivity index (χ3n) is 6.67. The normalized spacial score (nSPS) is 17.0. The van der Waals surface area contributed by atoms with Crippen LogP contribution in [0.2, 0.25) is 0 Å². The zero-order chi connectivity index (χ0) is 25.3. The number of carbonyl (C=O) groups is 1. The van der Waals surface area contributed by atoms with Crippen LogP contribution in [-0.4, -0.2) is 34.8 Å². The monoisotopic (exact) mass is 470 g/mol. The molecule has 1 unspecified atom stereocenters. The first-order valence-electron chi connectivity index (χ1n) is 12.2. The second-order valence-electron chi connectivity index (χ2n) is 11.2. The van der Waals surface area contributed by atoms with Crippen molar-refractivity contribution in [3.05, 3.63) is 58.2 Å². The number of carboxylic acids is 1. The first-order chi connectivity index (χ1) is 15.8. The van der Waals surface area contributed by atoms with Crippen LogP contribution in [-0.2, 0) is 22.4 Å². The molecule has 1 atom stereocenters. The van der Waals surface area contributed by atoms with Gasteiger partial charge in [0, 0.05) is 30.0 Å². The Morgan fingerprint density at radius 1 is 1.12 bits per heavy atom. The van der Waals surface area contributed by atoms with Gasteiger partial charge in [0.05, 0.1) is 11.3 Å². The number of anilines is 1. The summed E-state index contributed by atoms with van der Waals surface area (Å²) < 4.78 is 19.5. The fourth-order valence-electron chi connectivity index (χ4n) is 4.70. The number of hydrogen-bond acceptors (Lipinski definition) is 4. The fraction of sp³-hybridized carbons (Fsp3) is 0.571. The van der Waals surface area contributed by atoms with E-state index in [4.69, 9.17) is 9.72 Å². The van der Waals surface area contributed by atoms with Crippen molar-refractivity contribution in [2.45, 2.75) is 85.9 Å². The van der Waals surface area contributed by atoms with E-state index in [-0.39, 0.29) is 11.2 Å². The van der Waals surface area contributed by atoms with Crippen molar-refractivity contribution < 1.29 is 19.0 Å². The molecular formula is C28H39FN2O3.